The zero-order valence-electron chi connectivity index (χ0n) is 14.5. The second-order valence-electron chi connectivity index (χ2n) is 6.16. The third kappa shape index (κ3) is 4.68. The number of hydrogen-bond acceptors (Lipinski definition) is 4. The van der Waals surface area contributed by atoms with E-state index in [0.717, 1.165) is 37.2 Å². The molecule has 1 aromatic heterocycles. The number of aromatic nitrogens is 3. The molecule has 1 amide bonds. The van der Waals surface area contributed by atoms with Crippen LogP contribution in [0.2, 0.25) is 10.0 Å². The fourth-order valence-corrected chi connectivity index (χ4v) is 3.69. The summed E-state index contributed by atoms with van der Waals surface area (Å²) in [6, 6.07) is 5.69. The summed E-state index contributed by atoms with van der Waals surface area (Å²) in [5, 5.41) is 15.7. The van der Waals surface area contributed by atoms with Crippen LogP contribution < -0.4 is 10.6 Å². The highest BCUT2D eigenvalue weighted by Gasteiger charge is 2.22. The lowest BCUT2D eigenvalue weighted by Gasteiger charge is -2.23. The topological polar surface area (TPSA) is 71.8 Å². The monoisotopic (exact) mass is 417 g/mol. The molecule has 6 nitrogen and oxygen atoms in total. The summed E-state index contributed by atoms with van der Waals surface area (Å²) in [6.07, 6.45) is 2.55. The lowest BCUT2D eigenvalue weighted by atomic mass is 10.1. The van der Waals surface area contributed by atoms with E-state index in [1.807, 2.05) is 11.6 Å². The highest BCUT2D eigenvalue weighted by molar-refractivity contribution is 6.36. The normalized spacial score (nSPS) is 14.7. The SMILES string of the molecule is Cc1c(C(=O)NCCc2c(Cl)cccc2Cl)nnn1C1CCNCC1.Cl. The first kappa shape index (κ1) is 21.0. The van der Waals surface area contributed by atoms with Crippen molar-refractivity contribution in [3.05, 3.63) is 45.2 Å². The summed E-state index contributed by atoms with van der Waals surface area (Å²) in [6.45, 7) is 4.25. The van der Waals surface area contributed by atoms with E-state index >= 15 is 0 Å². The summed E-state index contributed by atoms with van der Waals surface area (Å²) in [7, 11) is 0. The first-order valence-corrected chi connectivity index (χ1v) is 9.17. The molecule has 142 valence electrons. The van der Waals surface area contributed by atoms with Gasteiger partial charge in [-0.25, -0.2) is 4.68 Å². The maximum absolute atomic E-state index is 12.4. The number of benzene rings is 1. The van der Waals surface area contributed by atoms with Crippen LogP contribution in [0.15, 0.2) is 18.2 Å². The van der Waals surface area contributed by atoms with Crippen LogP contribution in [0.4, 0.5) is 0 Å². The van der Waals surface area contributed by atoms with Crippen molar-refractivity contribution in [1.82, 2.24) is 25.6 Å². The third-order valence-electron chi connectivity index (χ3n) is 4.52. The van der Waals surface area contributed by atoms with Crippen molar-refractivity contribution < 1.29 is 4.79 Å². The molecule has 1 saturated heterocycles. The van der Waals surface area contributed by atoms with Gasteiger partial charge < -0.3 is 10.6 Å². The standard InChI is InChI=1S/C17H21Cl2N5O.ClH/c1-11-16(22-23-24(11)12-5-8-20-9-6-12)17(25)21-10-7-13-14(18)3-2-4-15(13)19;/h2-4,12,20H,5-10H2,1H3,(H,21,25);1H. The molecule has 0 radical (unpaired) electrons. The van der Waals surface area contributed by atoms with E-state index in [1.54, 1.807) is 18.2 Å². The van der Waals surface area contributed by atoms with E-state index in [2.05, 4.69) is 20.9 Å². The van der Waals surface area contributed by atoms with E-state index in [4.69, 9.17) is 23.2 Å². The van der Waals surface area contributed by atoms with Crippen LogP contribution in [0.25, 0.3) is 0 Å². The van der Waals surface area contributed by atoms with E-state index < -0.39 is 0 Å². The van der Waals surface area contributed by atoms with E-state index in [9.17, 15) is 4.79 Å². The Bertz CT molecular complexity index is 739. The molecule has 2 heterocycles. The summed E-state index contributed by atoms with van der Waals surface area (Å²) in [5.74, 6) is -0.221. The van der Waals surface area contributed by atoms with Gasteiger partial charge in [-0.05, 0) is 57.0 Å². The van der Waals surface area contributed by atoms with Gasteiger partial charge in [-0.1, -0.05) is 34.5 Å². The fourth-order valence-electron chi connectivity index (χ4n) is 3.10. The molecule has 1 aromatic carbocycles. The Labute approximate surface area is 169 Å². The average molecular weight is 419 g/mol. The van der Waals surface area contributed by atoms with Crippen LogP contribution in [0, 0.1) is 6.92 Å². The minimum Gasteiger partial charge on any atom is -0.350 e. The molecule has 0 bridgehead atoms. The molecule has 0 atom stereocenters. The van der Waals surface area contributed by atoms with Gasteiger partial charge in [0, 0.05) is 16.6 Å². The molecule has 3 rings (SSSR count). The molecule has 26 heavy (non-hydrogen) atoms. The molecular formula is C17H22Cl3N5O. The number of piperidine rings is 1. The second-order valence-corrected chi connectivity index (χ2v) is 6.97. The van der Waals surface area contributed by atoms with Crippen LogP contribution in [0.5, 0.6) is 0 Å². The van der Waals surface area contributed by atoms with Gasteiger partial charge in [-0.15, -0.1) is 17.5 Å². The zero-order valence-corrected chi connectivity index (χ0v) is 16.8. The first-order valence-electron chi connectivity index (χ1n) is 8.41. The Morgan fingerprint density at radius 3 is 2.62 bits per heavy atom. The van der Waals surface area contributed by atoms with Gasteiger partial charge >= 0.3 is 0 Å². The summed E-state index contributed by atoms with van der Waals surface area (Å²) < 4.78 is 1.88. The van der Waals surface area contributed by atoms with E-state index in [1.165, 1.54) is 0 Å². The van der Waals surface area contributed by atoms with Crippen molar-refractivity contribution in [2.75, 3.05) is 19.6 Å². The Morgan fingerprint density at radius 2 is 1.96 bits per heavy atom. The van der Waals surface area contributed by atoms with Crippen molar-refractivity contribution in [2.24, 2.45) is 0 Å². The number of rotatable bonds is 5. The second kappa shape index (κ2) is 9.55. The molecular weight excluding hydrogens is 397 g/mol. The average Bonchev–Trinajstić information content (AvgIpc) is 3.00. The zero-order chi connectivity index (χ0) is 17.8. The molecule has 9 heteroatoms. The molecule has 1 fully saturated rings. The van der Waals surface area contributed by atoms with Crippen molar-refractivity contribution in [3.8, 4) is 0 Å². The fraction of sp³-hybridized carbons (Fsp3) is 0.471. The smallest absolute Gasteiger partial charge is 0.273 e. The van der Waals surface area contributed by atoms with Gasteiger partial charge in [0.25, 0.3) is 5.91 Å². The van der Waals surface area contributed by atoms with Crippen LogP contribution >= 0.6 is 35.6 Å². The predicted octanol–water partition coefficient (Wildman–Crippen LogP) is 3.21. The number of nitrogens with one attached hydrogen (secondary N) is 2. The van der Waals surface area contributed by atoms with E-state index in [0.29, 0.717) is 34.7 Å². The Morgan fingerprint density at radius 1 is 1.31 bits per heavy atom. The third-order valence-corrected chi connectivity index (χ3v) is 5.23. The number of halogens is 3. The van der Waals surface area contributed by atoms with Gasteiger partial charge in [-0.3, -0.25) is 4.79 Å². The van der Waals surface area contributed by atoms with Crippen molar-refractivity contribution in [1.29, 1.82) is 0 Å². The number of carbonyl (C=O) groups excluding carboxylic acids is 1. The Balaban J connectivity index is 0.00000243. The Kier molecular flexibility index (Phi) is 7.70. The van der Waals surface area contributed by atoms with Gasteiger partial charge in [0.05, 0.1) is 11.7 Å². The molecule has 0 unspecified atom stereocenters. The van der Waals surface area contributed by atoms with E-state index in [-0.39, 0.29) is 18.3 Å². The van der Waals surface area contributed by atoms with Crippen LogP contribution in [0.3, 0.4) is 0 Å². The number of amides is 1. The van der Waals surface area contributed by atoms with Gasteiger partial charge in [0.2, 0.25) is 0 Å². The van der Waals surface area contributed by atoms with Gasteiger partial charge in [0.15, 0.2) is 5.69 Å². The molecule has 0 aliphatic carbocycles. The molecule has 1 aliphatic heterocycles. The van der Waals surface area contributed by atoms with Gasteiger partial charge in [-0.2, -0.15) is 0 Å². The maximum atomic E-state index is 12.4. The minimum atomic E-state index is -0.221. The summed E-state index contributed by atoms with van der Waals surface area (Å²) >= 11 is 12.3. The van der Waals surface area contributed by atoms with Crippen LogP contribution in [0.1, 0.15) is 40.6 Å². The highest BCUT2D eigenvalue weighted by atomic mass is 35.5. The largest absolute Gasteiger partial charge is 0.350 e. The number of carbonyl (C=O) groups is 1. The molecule has 1 aliphatic rings. The van der Waals surface area contributed by atoms with Crippen molar-refractivity contribution in [2.45, 2.75) is 32.2 Å². The van der Waals surface area contributed by atoms with Crippen molar-refractivity contribution in [3.63, 3.8) is 0 Å². The minimum absolute atomic E-state index is 0. The Hall–Kier alpha value is -1.34. The summed E-state index contributed by atoms with van der Waals surface area (Å²) in [4.78, 5) is 12.4. The lowest BCUT2D eigenvalue weighted by molar-refractivity contribution is 0.0948. The highest BCUT2D eigenvalue weighted by Crippen LogP contribution is 2.24. The number of nitrogens with zero attached hydrogens (tertiary/aromatic N) is 3. The predicted molar refractivity (Wildman–Crippen MR) is 106 cm³/mol. The lowest BCUT2D eigenvalue weighted by Crippen LogP contribution is -2.30. The van der Waals surface area contributed by atoms with Crippen molar-refractivity contribution >= 4 is 41.5 Å². The molecule has 0 saturated carbocycles. The molecule has 0 spiro atoms. The summed E-state index contributed by atoms with van der Waals surface area (Å²) in [5.41, 5.74) is 2.02. The van der Waals surface area contributed by atoms with Gasteiger partial charge in [0.1, 0.15) is 0 Å². The maximum Gasteiger partial charge on any atom is 0.273 e. The van der Waals surface area contributed by atoms with Crippen LogP contribution in [-0.4, -0.2) is 40.5 Å². The molecule has 2 aromatic rings. The quantitative estimate of drug-likeness (QED) is 0.782. The number of hydrogen-bond donors (Lipinski definition) is 2. The first-order chi connectivity index (χ1) is 12.1. The molecule has 2 N–H and O–H groups in total. The van der Waals surface area contributed by atoms with Crippen LogP contribution in [-0.2, 0) is 6.42 Å².